The van der Waals surface area contributed by atoms with Gasteiger partial charge in [0.1, 0.15) is 11.6 Å². The molecule has 0 spiro atoms. The van der Waals surface area contributed by atoms with Gasteiger partial charge in [-0.1, -0.05) is 18.2 Å². The molecule has 2 aliphatic heterocycles. The molecule has 4 aromatic rings. The lowest BCUT2D eigenvalue weighted by atomic mass is 9.93. The predicted molar refractivity (Wildman–Crippen MR) is 160 cm³/mol. The minimum absolute atomic E-state index is 0.0174. The third-order valence-corrected chi connectivity index (χ3v) is 8.14. The number of carbonyl (C=O) groups excluding carboxylic acids is 1. The molecule has 1 aliphatic carbocycles. The fourth-order valence-corrected chi connectivity index (χ4v) is 5.82. The number of nitrogens with two attached hydrogens (primary N) is 1. The van der Waals surface area contributed by atoms with E-state index in [0.29, 0.717) is 54.6 Å². The molecular formula is C31H31FN8O3. The van der Waals surface area contributed by atoms with Gasteiger partial charge in [0.15, 0.2) is 5.82 Å². The number of fused-ring (bicyclic) bond motifs is 1. The number of nitrogens with one attached hydrogen (secondary N) is 1. The van der Waals surface area contributed by atoms with Crippen molar-refractivity contribution in [3.8, 4) is 11.4 Å². The summed E-state index contributed by atoms with van der Waals surface area (Å²) in [6.07, 6.45) is 4.32. The molecule has 43 heavy (non-hydrogen) atoms. The summed E-state index contributed by atoms with van der Waals surface area (Å²) in [5.41, 5.74) is 9.92. The SMILES string of the molecule is Nc1nc(Nc2ccc(N3CCOCC3)nc2)nc(-c2cccc(N3CCc4cc(C5CC5)cc(F)c4C3=O)c2CO)n1. The third-order valence-electron chi connectivity index (χ3n) is 8.14. The van der Waals surface area contributed by atoms with Crippen LogP contribution in [0.4, 0.5) is 33.5 Å². The Bertz CT molecular complexity index is 1690. The van der Waals surface area contributed by atoms with Crippen molar-refractivity contribution < 1.29 is 19.0 Å². The standard InChI is InChI=1S/C31H31FN8O3/c32-24-15-20(18-4-5-18)14-19-8-9-40(29(42)27(19)24)25-3-1-2-22(23(25)17-41)28-36-30(33)38-31(37-28)35-21-6-7-26(34-16-21)39-10-12-43-13-11-39/h1-3,6-7,14-16,18,41H,4-5,8-13,17H2,(H3,33,35,36,37,38). The van der Waals surface area contributed by atoms with Crippen LogP contribution < -0.4 is 20.9 Å². The molecule has 220 valence electrons. The highest BCUT2D eigenvalue weighted by atomic mass is 19.1. The number of nitrogen functional groups attached to an aromatic ring is 1. The summed E-state index contributed by atoms with van der Waals surface area (Å²) in [7, 11) is 0. The molecule has 4 heterocycles. The lowest BCUT2D eigenvalue weighted by Gasteiger charge is -2.31. The average Bonchev–Trinajstić information content (AvgIpc) is 3.87. The summed E-state index contributed by atoms with van der Waals surface area (Å²) < 4.78 is 20.6. The van der Waals surface area contributed by atoms with Crippen molar-refractivity contribution >= 4 is 35.0 Å². The van der Waals surface area contributed by atoms with Gasteiger partial charge >= 0.3 is 0 Å². The molecule has 1 saturated heterocycles. The zero-order valence-electron chi connectivity index (χ0n) is 23.5. The zero-order chi connectivity index (χ0) is 29.5. The number of hydrogen-bond acceptors (Lipinski definition) is 10. The molecule has 0 radical (unpaired) electrons. The van der Waals surface area contributed by atoms with E-state index in [0.717, 1.165) is 42.9 Å². The van der Waals surface area contributed by atoms with Gasteiger partial charge in [-0.2, -0.15) is 15.0 Å². The van der Waals surface area contributed by atoms with E-state index in [9.17, 15) is 9.90 Å². The average molecular weight is 583 g/mol. The minimum Gasteiger partial charge on any atom is -0.392 e. The van der Waals surface area contributed by atoms with Crippen molar-refractivity contribution in [2.24, 2.45) is 0 Å². The Morgan fingerprint density at radius 2 is 1.91 bits per heavy atom. The van der Waals surface area contributed by atoms with E-state index in [4.69, 9.17) is 10.5 Å². The van der Waals surface area contributed by atoms with Gasteiger partial charge in [0.25, 0.3) is 5.91 Å². The maximum atomic E-state index is 15.2. The highest BCUT2D eigenvalue weighted by molar-refractivity contribution is 6.09. The van der Waals surface area contributed by atoms with Gasteiger partial charge in [-0.25, -0.2) is 9.37 Å². The van der Waals surface area contributed by atoms with E-state index >= 15 is 4.39 Å². The lowest BCUT2D eigenvalue weighted by Crippen LogP contribution is -2.39. The number of carbonyl (C=O) groups is 1. The normalized spacial score (nSPS) is 16.7. The van der Waals surface area contributed by atoms with Gasteiger partial charge in [0.2, 0.25) is 11.9 Å². The van der Waals surface area contributed by atoms with Crippen LogP contribution in [0.5, 0.6) is 0 Å². The number of nitrogens with zero attached hydrogens (tertiary/aromatic N) is 6. The van der Waals surface area contributed by atoms with Gasteiger partial charge in [-0.3, -0.25) is 4.79 Å². The summed E-state index contributed by atoms with van der Waals surface area (Å²) in [5.74, 6) is 0.729. The van der Waals surface area contributed by atoms with Crippen LogP contribution in [-0.4, -0.2) is 63.8 Å². The predicted octanol–water partition coefficient (Wildman–Crippen LogP) is 3.81. The Morgan fingerprint density at radius 3 is 2.65 bits per heavy atom. The van der Waals surface area contributed by atoms with Crippen LogP contribution in [0.1, 0.15) is 45.8 Å². The van der Waals surface area contributed by atoms with Crippen LogP contribution in [0.3, 0.4) is 0 Å². The molecular weight excluding hydrogens is 551 g/mol. The molecule has 0 bridgehead atoms. The summed E-state index contributed by atoms with van der Waals surface area (Å²) >= 11 is 0. The van der Waals surface area contributed by atoms with Crippen LogP contribution >= 0.6 is 0 Å². The van der Waals surface area contributed by atoms with Crippen molar-refractivity contribution in [1.82, 2.24) is 19.9 Å². The molecule has 2 aromatic carbocycles. The quantitative estimate of drug-likeness (QED) is 0.294. The number of benzene rings is 2. The van der Waals surface area contributed by atoms with Crippen molar-refractivity contribution in [3.63, 3.8) is 0 Å². The molecule has 0 atom stereocenters. The topological polar surface area (TPSA) is 143 Å². The van der Waals surface area contributed by atoms with E-state index in [-0.39, 0.29) is 23.3 Å². The second kappa shape index (κ2) is 11.2. The number of morpholine rings is 1. The van der Waals surface area contributed by atoms with Crippen molar-refractivity contribution in [2.45, 2.75) is 31.8 Å². The third kappa shape index (κ3) is 5.35. The molecule has 12 heteroatoms. The second-order valence-electron chi connectivity index (χ2n) is 10.9. The molecule has 4 N–H and O–H groups in total. The number of aliphatic hydroxyl groups excluding tert-OH is 1. The van der Waals surface area contributed by atoms with Crippen molar-refractivity contribution in [1.29, 1.82) is 0 Å². The Balaban J connectivity index is 1.17. The van der Waals surface area contributed by atoms with Crippen LogP contribution in [0.25, 0.3) is 11.4 Å². The van der Waals surface area contributed by atoms with E-state index < -0.39 is 18.3 Å². The molecule has 2 aromatic heterocycles. The number of rotatable bonds is 7. The molecule has 2 fully saturated rings. The summed E-state index contributed by atoms with van der Waals surface area (Å²) in [5, 5.41) is 13.6. The van der Waals surface area contributed by atoms with Crippen LogP contribution in [0, 0.1) is 5.82 Å². The first kappa shape index (κ1) is 27.2. The Morgan fingerprint density at radius 1 is 1.07 bits per heavy atom. The number of anilines is 5. The van der Waals surface area contributed by atoms with Crippen molar-refractivity contribution in [3.05, 3.63) is 76.7 Å². The Hall–Kier alpha value is -4.68. The van der Waals surface area contributed by atoms with Gasteiger partial charge in [-0.15, -0.1) is 0 Å². The van der Waals surface area contributed by atoms with Crippen LogP contribution in [-0.2, 0) is 17.8 Å². The van der Waals surface area contributed by atoms with Crippen molar-refractivity contribution in [2.75, 3.05) is 53.7 Å². The molecule has 3 aliphatic rings. The smallest absolute Gasteiger partial charge is 0.261 e. The molecule has 1 saturated carbocycles. The monoisotopic (exact) mass is 582 g/mol. The van der Waals surface area contributed by atoms with Crippen LogP contribution in [0.2, 0.25) is 0 Å². The van der Waals surface area contributed by atoms with Crippen LogP contribution in [0.15, 0.2) is 48.7 Å². The minimum atomic E-state index is -0.496. The second-order valence-corrected chi connectivity index (χ2v) is 10.9. The first-order valence-electron chi connectivity index (χ1n) is 14.4. The first-order valence-corrected chi connectivity index (χ1v) is 14.4. The van der Waals surface area contributed by atoms with Gasteiger partial charge < -0.3 is 30.7 Å². The van der Waals surface area contributed by atoms with E-state index in [1.54, 1.807) is 24.4 Å². The Kier molecular flexibility index (Phi) is 7.07. The number of aromatic nitrogens is 4. The largest absolute Gasteiger partial charge is 0.392 e. The highest BCUT2D eigenvalue weighted by Gasteiger charge is 2.33. The van der Waals surface area contributed by atoms with E-state index in [1.165, 1.54) is 11.0 Å². The lowest BCUT2D eigenvalue weighted by molar-refractivity contribution is 0.0976. The highest BCUT2D eigenvalue weighted by Crippen LogP contribution is 2.42. The van der Waals surface area contributed by atoms with Gasteiger partial charge in [0, 0.05) is 30.8 Å². The molecule has 11 nitrogen and oxygen atoms in total. The summed E-state index contributed by atoms with van der Waals surface area (Å²) in [6, 6.07) is 12.5. The number of aliphatic hydroxyl groups is 1. The van der Waals surface area contributed by atoms with E-state index in [1.807, 2.05) is 18.2 Å². The van der Waals surface area contributed by atoms with Gasteiger partial charge in [0.05, 0.1) is 43.0 Å². The maximum absolute atomic E-state index is 15.2. The Labute approximate surface area is 247 Å². The first-order chi connectivity index (χ1) is 21.0. The number of halogens is 1. The maximum Gasteiger partial charge on any atom is 0.261 e. The molecule has 1 amide bonds. The fourth-order valence-electron chi connectivity index (χ4n) is 5.82. The zero-order valence-corrected chi connectivity index (χ0v) is 23.5. The fraction of sp³-hybridized carbons (Fsp3) is 0.323. The number of pyridine rings is 1. The van der Waals surface area contributed by atoms with E-state index in [2.05, 4.69) is 30.2 Å². The number of amides is 1. The number of ether oxygens (including phenoxy) is 1. The summed E-state index contributed by atoms with van der Waals surface area (Å²) in [6.45, 7) is 2.87. The molecule has 0 unspecified atom stereocenters. The number of hydrogen-bond donors (Lipinski definition) is 3. The summed E-state index contributed by atoms with van der Waals surface area (Å²) in [4.78, 5) is 34.9. The molecule has 7 rings (SSSR count). The van der Waals surface area contributed by atoms with Gasteiger partial charge in [-0.05, 0) is 60.6 Å².